The monoisotopic (exact) mass is 450 g/mol. The van der Waals surface area contributed by atoms with Gasteiger partial charge in [0, 0.05) is 22.0 Å². The van der Waals surface area contributed by atoms with E-state index in [4.69, 9.17) is 9.47 Å². The van der Waals surface area contributed by atoms with Crippen molar-refractivity contribution >= 4 is 43.5 Å². The summed E-state index contributed by atoms with van der Waals surface area (Å²) in [7, 11) is 1.53. The van der Waals surface area contributed by atoms with Gasteiger partial charge in [-0.3, -0.25) is 14.2 Å². The maximum Gasteiger partial charge on any atom is 0.326 e. The molecule has 1 aromatic carbocycles. The first kappa shape index (κ1) is 19.7. The SMILES string of the molecule is CCc1sc2ncn(CC(=O)OCCOC)c(=O)c2c1-c1ccc(Br)cc1. The Bertz CT molecular complexity index is 1010. The zero-order valence-electron chi connectivity index (χ0n) is 15.0. The summed E-state index contributed by atoms with van der Waals surface area (Å²) >= 11 is 4.95. The zero-order chi connectivity index (χ0) is 19.4. The van der Waals surface area contributed by atoms with Crippen molar-refractivity contribution in [2.45, 2.75) is 19.9 Å². The summed E-state index contributed by atoms with van der Waals surface area (Å²) < 4.78 is 12.2. The van der Waals surface area contributed by atoms with Crippen LogP contribution in [0.4, 0.5) is 0 Å². The van der Waals surface area contributed by atoms with E-state index in [2.05, 4.69) is 27.8 Å². The minimum Gasteiger partial charge on any atom is -0.462 e. The molecule has 2 heterocycles. The van der Waals surface area contributed by atoms with Gasteiger partial charge in [-0.15, -0.1) is 11.3 Å². The summed E-state index contributed by atoms with van der Waals surface area (Å²) in [5, 5.41) is 0.548. The van der Waals surface area contributed by atoms with E-state index in [1.54, 1.807) is 0 Å². The van der Waals surface area contributed by atoms with Crippen LogP contribution in [0.3, 0.4) is 0 Å². The summed E-state index contributed by atoms with van der Waals surface area (Å²) in [5.41, 5.74) is 1.61. The number of carbonyl (C=O) groups excluding carboxylic acids is 1. The van der Waals surface area contributed by atoms with Gasteiger partial charge in [-0.1, -0.05) is 35.0 Å². The van der Waals surface area contributed by atoms with Crippen molar-refractivity contribution in [1.82, 2.24) is 9.55 Å². The maximum absolute atomic E-state index is 13.1. The van der Waals surface area contributed by atoms with E-state index < -0.39 is 5.97 Å². The Morgan fingerprint density at radius 2 is 2.00 bits per heavy atom. The highest BCUT2D eigenvalue weighted by Gasteiger charge is 2.19. The Hall–Kier alpha value is -2.03. The highest BCUT2D eigenvalue weighted by molar-refractivity contribution is 9.10. The Morgan fingerprint density at radius 1 is 1.26 bits per heavy atom. The fourth-order valence-electron chi connectivity index (χ4n) is 2.78. The van der Waals surface area contributed by atoms with Crippen LogP contribution in [0.25, 0.3) is 21.3 Å². The number of rotatable bonds is 7. The van der Waals surface area contributed by atoms with Crippen LogP contribution < -0.4 is 5.56 Å². The van der Waals surface area contributed by atoms with Gasteiger partial charge in [0.25, 0.3) is 5.56 Å². The Balaban J connectivity index is 2.04. The molecule has 0 N–H and O–H groups in total. The first-order chi connectivity index (χ1) is 13.0. The van der Waals surface area contributed by atoms with Crippen molar-refractivity contribution in [2.24, 2.45) is 0 Å². The number of halogens is 1. The third-order valence-electron chi connectivity index (χ3n) is 4.06. The number of hydrogen-bond acceptors (Lipinski definition) is 6. The van der Waals surface area contributed by atoms with Gasteiger partial charge in [0.1, 0.15) is 18.0 Å². The Kier molecular flexibility index (Phi) is 6.41. The lowest BCUT2D eigenvalue weighted by Crippen LogP contribution is -2.26. The lowest BCUT2D eigenvalue weighted by atomic mass is 10.0. The number of carbonyl (C=O) groups is 1. The molecule has 8 heteroatoms. The smallest absolute Gasteiger partial charge is 0.326 e. The topological polar surface area (TPSA) is 70.4 Å². The van der Waals surface area contributed by atoms with Crippen molar-refractivity contribution < 1.29 is 14.3 Å². The van der Waals surface area contributed by atoms with Crippen molar-refractivity contribution in [2.75, 3.05) is 20.3 Å². The summed E-state index contributed by atoms with van der Waals surface area (Å²) in [6.07, 6.45) is 2.20. The Morgan fingerprint density at radius 3 is 2.67 bits per heavy atom. The Labute approximate surface area is 168 Å². The molecule has 0 saturated heterocycles. The second kappa shape index (κ2) is 8.77. The van der Waals surface area contributed by atoms with E-state index in [-0.39, 0.29) is 18.7 Å². The number of aryl methyl sites for hydroxylation is 1. The number of methoxy groups -OCH3 is 1. The minimum absolute atomic E-state index is 0.155. The van der Waals surface area contributed by atoms with E-state index in [0.717, 1.165) is 26.9 Å². The molecule has 2 aromatic heterocycles. The van der Waals surface area contributed by atoms with Crippen LogP contribution in [-0.2, 0) is 27.2 Å². The van der Waals surface area contributed by atoms with Gasteiger partial charge in [-0.25, -0.2) is 4.98 Å². The predicted molar refractivity (Wildman–Crippen MR) is 109 cm³/mol. The fraction of sp³-hybridized carbons (Fsp3) is 0.316. The number of ether oxygens (including phenoxy) is 2. The highest BCUT2D eigenvalue weighted by Crippen LogP contribution is 2.36. The third-order valence-corrected chi connectivity index (χ3v) is 5.83. The average molecular weight is 451 g/mol. The lowest BCUT2D eigenvalue weighted by Gasteiger charge is -2.07. The number of nitrogens with zero attached hydrogens (tertiary/aromatic N) is 2. The lowest BCUT2D eigenvalue weighted by molar-refractivity contribution is -0.145. The van der Waals surface area contributed by atoms with Crippen LogP contribution in [0.1, 0.15) is 11.8 Å². The van der Waals surface area contributed by atoms with E-state index >= 15 is 0 Å². The molecule has 0 aliphatic carbocycles. The molecule has 3 aromatic rings. The number of fused-ring (bicyclic) bond motifs is 1. The molecule has 0 aliphatic heterocycles. The molecule has 0 saturated carbocycles. The third kappa shape index (κ3) is 4.28. The van der Waals surface area contributed by atoms with E-state index in [1.807, 2.05) is 24.3 Å². The van der Waals surface area contributed by atoms with Gasteiger partial charge in [0.05, 0.1) is 18.3 Å². The molecule has 0 fully saturated rings. The van der Waals surface area contributed by atoms with Crippen LogP contribution in [0.5, 0.6) is 0 Å². The van der Waals surface area contributed by atoms with Gasteiger partial charge in [0.15, 0.2) is 0 Å². The average Bonchev–Trinajstić information content (AvgIpc) is 3.04. The van der Waals surface area contributed by atoms with Gasteiger partial charge in [0.2, 0.25) is 0 Å². The molecule has 0 spiro atoms. The van der Waals surface area contributed by atoms with E-state index in [1.165, 1.54) is 29.3 Å². The van der Waals surface area contributed by atoms with Crippen LogP contribution >= 0.6 is 27.3 Å². The van der Waals surface area contributed by atoms with Crippen molar-refractivity contribution in [3.05, 3.63) is 50.3 Å². The van der Waals surface area contributed by atoms with Gasteiger partial charge in [-0.05, 0) is 24.1 Å². The molecule has 27 heavy (non-hydrogen) atoms. The normalized spacial score (nSPS) is 11.1. The van der Waals surface area contributed by atoms with E-state index in [9.17, 15) is 9.59 Å². The molecule has 0 atom stereocenters. The molecular weight excluding hydrogens is 432 g/mol. The van der Waals surface area contributed by atoms with E-state index in [0.29, 0.717) is 16.8 Å². The predicted octanol–water partition coefficient (Wildman–Crippen LogP) is 3.64. The van der Waals surface area contributed by atoms with Crippen molar-refractivity contribution in [3.8, 4) is 11.1 Å². The highest BCUT2D eigenvalue weighted by atomic mass is 79.9. The number of aromatic nitrogens is 2. The van der Waals surface area contributed by atoms with Gasteiger partial charge >= 0.3 is 5.97 Å². The molecule has 142 valence electrons. The number of hydrogen-bond donors (Lipinski definition) is 0. The molecule has 0 bridgehead atoms. The second-order valence-electron chi connectivity index (χ2n) is 5.83. The van der Waals surface area contributed by atoms with Crippen molar-refractivity contribution in [1.29, 1.82) is 0 Å². The summed E-state index contributed by atoms with van der Waals surface area (Å²) in [6.45, 7) is 2.35. The fourth-order valence-corrected chi connectivity index (χ4v) is 4.13. The first-order valence-electron chi connectivity index (χ1n) is 8.46. The number of benzene rings is 1. The minimum atomic E-state index is -0.494. The van der Waals surface area contributed by atoms with Crippen LogP contribution in [0, 0.1) is 0 Å². The summed E-state index contributed by atoms with van der Waals surface area (Å²) in [4.78, 5) is 31.2. The summed E-state index contributed by atoms with van der Waals surface area (Å²) in [5.74, 6) is -0.494. The standard InChI is InChI=1S/C19H19BrN2O4S/c1-3-14-16(12-4-6-13(20)7-5-12)17-18(27-14)21-11-22(19(17)24)10-15(23)26-9-8-25-2/h4-7,11H,3,8-10H2,1-2H3. The quantitative estimate of drug-likeness (QED) is 0.405. The van der Waals surface area contributed by atoms with Gasteiger partial charge < -0.3 is 9.47 Å². The maximum atomic E-state index is 13.1. The van der Waals surface area contributed by atoms with Crippen molar-refractivity contribution in [3.63, 3.8) is 0 Å². The zero-order valence-corrected chi connectivity index (χ0v) is 17.4. The summed E-state index contributed by atoms with van der Waals surface area (Å²) in [6, 6.07) is 7.84. The molecule has 0 amide bonds. The number of thiophene rings is 1. The van der Waals surface area contributed by atoms with Crippen LogP contribution in [-0.4, -0.2) is 35.8 Å². The van der Waals surface area contributed by atoms with Crippen LogP contribution in [0.2, 0.25) is 0 Å². The first-order valence-corrected chi connectivity index (χ1v) is 10.1. The molecule has 6 nitrogen and oxygen atoms in total. The largest absolute Gasteiger partial charge is 0.462 e. The van der Waals surface area contributed by atoms with Crippen LogP contribution in [0.15, 0.2) is 39.9 Å². The molecule has 3 rings (SSSR count). The van der Waals surface area contributed by atoms with Gasteiger partial charge in [-0.2, -0.15) is 0 Å². The molecular formula is C19H19BrN2O4S. The molecule has 0 unspecified atom stereocenters. The second-order valence-corrected chi connectivity index (χ2v) is 7.83. The molecule has 0 radical (unpaired) electrons. The molecule has 0 aliphatic rings. The number of esters is 1.